The lowest BCUT2D eigenvalue weighted by atomic mass is 10.2. The fourth-order valence-corrected chi connectivity index (χ4v) is 3.40. The molecule has 4 rings (SSSR count). The molecule has 1 heterocycles. The van der Waals surface area contributed by atoms with Gasteiger partial charge in [-0.3, -0.25) is 4.79 Å². The van der Waals surface area contributed by atoms with Crippen LogP contribution in [0.5, 0.6) is 11.5 Å². The van der Waals surface area contributed by atoms with Gasteiger partial charge in [0.1, 0.15) is 18.2 Å². The summed E-state index contributed by atoms with van der Waals surface area (Å²) in [5, 5.41) is 2.49. The van der Waals surface area contributed by atoms with Crippen LogP contribution in [-0.2, 0) is 19.7 Å². The minimum atomic E-state index is -3.07. The summed E-state index contributed by atoms with van der Waals surface area (Å²) in [5.74, 6) is -2.41. The average molecular weight is 576 g/mol. The minimum Gasteiger partial charge on any atom is -0.485 e. The molecule has 11 heteroatoms. The molecule has 0 aliphatic heterocycles. The second kappa shape index (κ2) is 16.7. The number of alkyl halides is 2. The summed E-state index contributed by atoms with van der Waals surface area (Å²) in [7, 11) is 0. The molecule has 3 aromatic carbocycles. The SMILES string of the molecule is CC.CC.NCc1oc(-c2ccc(OC(F)F)c(OCc3ccccc3)c2)nc1C(=O)NCc1ccc(F)cc1F. The number of benzene rings is 3. The summed E-state index contributed by atoms with van der Waals surface area (Å²) < 4.78 is 68.7. The van der Waals surface area contributed by atoms with Gasteiger partial charge in [-0.05, 0) is 29.8 Å². The van der Waals surface area contributed by atoms with Gasteiger partial charge in [-0.2, -0.15) is 8.78 Å². The van der Waals surface area contributed by atoms with Gasteiger partial charge >= 0.3 is 6.61 Å². The highest BCUT2D eigenvalue weighted by Gasteiger charge is 2.22. The molecular weight excluding hydrogens is 542 g/mol. The molecule has 0 aliphatic carbocycles. The number of nitrogens with zero attached hydrogens (tertiary/aromatic N) is 1. The Morgan fingerprint density at radius 1 is 0.976 bits per heavy atom. The highest BCUT2D eigenvalue weighted by Crippen LogP contribution is 2.34. The molecule has 7 nitrogen and oxygen atoms in total. The summed E-state index contributed by atoms with van der Waals surface area (Å²) >= 11 is 0. The van der Waals surface area contributed by atoms with Crippen LogP contribution in [0.4, 0.5) is 17.6 Å². The number of rotatable bonds is 10. The van der Waals surface area contributed by atoms with E-state index in [9.17, 15) is 22.4 Å². The maximum absolute atomic E-state index is 13.9. The first-order valence-electron chi connectivity index (χ1n) is 13.0. The highest BCUT2D eigenvalue weighted by molar-refractivity contribution is 5.93. The van der Waals surface area contributed by atoms with Gasteiger partial charge in [-0.1, -0.05) is 64.1 Å². The molecule has 0 fully saturated rings. The summed E-state index contributed by atoms with van der Waals surface area (Å²) in [5.41, 5.74) is 6.75. The largest absolute Gasteiger partial charge is 0.485 e. The van der Waals surface area contributed by atoms with Crippen LogP contribution in [-0.4, -0.2) is 17.5 Å². The third-order valence-electron chi connectivity index (χ3n) is 5.20. The summed E-state index contributed by atoms with van der Waals surface area (Å²) in [6, 6.07) is 16.1. The van der Waals surface area contributed by atoms with E-state index in [0.717, 1.165) is 11.6 Å². The first-order valence-corrected chi connectivity index (χ1v) is 13.0. The highest BCUT2D eigenvalue weighted by atomic mass is 19.3. The van der Waals surface area contributed by atoms with E-state index in [1.807, 2.05) is 58.0 Å². The van der Waals surface area contributed by atoms with Crippen LogP contribution in [0.3, 0.4) is 0 Å². The second-order valence-electron chi connectivity index (χ2n) is 7.73. The van der Waals surface area contributed by atoms with E-state index in [0.29, 0.717) is 11.6 Å². The normalized spacial score (nSPS) is 10.2. The summed E-state index contributed by atoms with van der Waals surface area (Å²) in [6.07, 6.45) is 0. The van der Waals surface area contributed by atoms with Crippen molar-refractivity contribution in [2.24, 2.45) is 5.73 Å². The lowest BCUT2D eigenvalue weighted by molar-refractivity contribution is -0.0515. The van der Waals surface area contributed by atoms with Crippen molar-refractivity contribution in [3.8, 4) is 23.0 Å². The first kappa shape index (κ1) is 32.8. The molecule has 0 spiro atoms. The lowest BCUT2D eigenvalue weighted by Gasteiger charge is -2.13. The first-order chi connectivity index (χ1) is 19.8. The molecule has 41 heavy (non-hydrogen) atoms. The molecule has 0 atom stereocenters. The van der Waals surface area contributed by atoms with Crippen molar-refractivity contribution in [2.75, 3.05) is 0 Å². The van der Waals surface area contributed by atoms with Gasteiger partial charge in [0.05, 0.1) is 6.54 Å². The Morgan fingerprint density at radius 2 is 1.68 bits per heavy atom. The number of hydrogen-bond acceptors (Lipinski definition) is 6. The number of oxazole rings is 1. The van der Waals surface area contributed by atoms with E-state index >= 15 is 0 Å². The van der Waals surface area contributed by atoms with Crippen LogP contribution in [0.15, 0.2) is 71.1 Å². The van der Waals surface area contributed by atoms with Crippen molar-refractivity contribution in [1.29, 1.82) is 0 Å². The van der Waals surface area contributed by atoms with Crippen LogP contribution in [0, 0.1) is 11.6 Å². The smallest absolute Gasteiger partial charge is 0.387 e. The number of halogens is 4. The fourth-order valence-electron chi connectivity index (χ4n) is 3.40. The van der Waals surface area contributed by atoms with E-state index in [-0.39, 0.29) is 54.1 Å². The predicted molar refractivity (Wildman–Crippen MR) is 147 cm³/mol. The standard InChI is InChI=1S/C26H21F4N3O4.2C2H6/c27-18-8-6-17(19(28)11-18)13-32-24(34)23-22(12-31)36-25(33-23)16-7-9-20(37-26(29)30)21(10-16)35-14-15-4-2-1-3-5-15;2*1-2/h1-11,26H,12-14,31H2,(H,32,34);2*1-2H3. The molecule has 0 saturated carbocycles. The van der Waals surface area contributed by atoms with Crippen LogP contribution < -0.4 is 20.5 Å². The molecule has 0 unspecified atom stereocenters. The van der Waals surface area contributed by atoms with E-state index in [2.05, 4.69) is 15.0 Å². The number of aromatic nitrogens is 1. The number of hydrogen-bond donors (Lipinski definition) is 2. The van der Waals surface area contributed by atoms with Gasteiger partial charge < -0.3 is 24.9 Å². The lowest BCUT2D eigenvalue weighted by Crippen LogP contribution is -2.25. The zero-order valence-corrected chi connectivity index (χ0v) is 23.2. The number of ether oxygens (including phenoxy) is 2. The van der Waals surface area contributed by atoms with Gasteiger partial charge in [-0.25, -0.2) is 13.8 Å². The van der Waals surface area contributed by atoms with Gasteiger partial charge in [0.15, 0.2) is 23.0 Å². The van der Waals surface area contributed by atoms with E-state index in [1.54, 1.807) is 0 Å². The van der Waals surface area contributed by atoms with Crippen molar-refractivity contribution in [3.63, 3.8) is 0 Å². The van der Waals surface area contributed by atoms with Crippen LogP contribution in [0.25, 0.3) is 11.5 Å². The molecule has 1 amide bonds. The molecule has 3 N–H and O–H groups in total. The van der Waals surface area contributed by atoms with Crippen LogP contribution in [0.2, 0.25) is 0 Å². The zero-order chi connectivity index (χ0) is 30.4. The maximum Gasteiger partial charge on any atom is 0.387 e. The van der Waals surface area contributed by atoms with Gasteiger partial charge in [0, 0.05) is 23.7 Å². The number of nitrogens with two attached hydrogens (primary N) is 1. The van der Waals surface area contributed by atoms with Crippen molar-refractivity contribution in [3.05, 3.63) is 101 Å². The topological polar surface area (TPSA) is 99.6 Å². The Kier molecular flexibility index (Phi) is 13.3. The maximum atomic E-state index is 13.9. The predicted octanol–water partition coefficient (Wildman–Crippen LogP) is 7.24. The van der Waals surface area contributed by atoms with Crippen molar-refractivity contribution < 1.29 is 36.2 Å². The van der Waals surface area contributed by atoms with Crippen molar-refractivity contribution >= 4 is 5.91 Å². The van der Waals surface area contributed by atoms with E-state index < -0.39 is 24.2 Å². The minimum absolute atomic E-state index is 0.00642. The molecule has 0 radical (unpaired) electrons. The van der Waals surface area contributed by atoms with Crippen LogP contribution >= 0.6 is 0 Å². The molecule has 0 aliphatic rings. The van der Waals surface area contributed by atoms with Crippen molar-refractivity contribution in [1.82, 2.24) is 10.3 Å². The van der Waals surface area contributed by atoms with E-state index in [1.165, 1.54) is 24.3 Å². The average Bonchev–Trinajstić information content (AvgIpc) is 3.43. The molecule has 4 aromatic rings. The van der Waals surface area contributed by atoms with Gasteiger partial charge in [0.2, 0.25) is 5.89 Å². The van der Waals surface area contributed by atoms with Gasteiger partial charge in [0.25, 0.3) is 5.91 Å². The van der Waals surface area contributed by atoms with E-state index in [4.69, 9.17) is 14.9 Å². The third-order valence-corrected chi connectivity index (χ3v) is 5.20. The molecule has 1 aromatic heterocycles. The molecular formula is C30H33F4N3O4. The number of carbonyl (C=O) groups is 1. The van der Waals surface area contributed by atoms with Gasteiger partial charge in [-0.15, -0.1) is 0 Å². The molecule has 0 bridgehead atoms. The third kappa shape index (κ3) is 9.35. The molecule has 220 valence electrons. The summed E-state index contributed by atoms with van der Waals surface area (Å²) in [4.78, 5) is 16.9. The fraction of sp³-hybridized carbons (Fsp3) is 0.267. The number of nitrogens with one attached hydrogen (secondary N) is 1. The zero-order valence-electron chi connectivity index (χ0n) is 23.2. The Balaban J connectivity index is 0.00000141. The van der Waals surface area contributed by atoms with Crippen LogP contribution in [0.1, 0.15) is 55.1 Å². The Morgan fingerprint density at radius 3 is 2.32 bits per heavy atom. The Labute approximate surface area is 236 Å². The summed E-state index contributed by atoms with van der Waals surface area (Å²) in [6.45, 7) is 4.60. The molecule has 0 saturated heterocycles. The number of amides is 1. The monoisotopic (exact) mass is 575 g/mol. The quantitative estimate of drug-likeness (QED) is 0.193. The Hall–Kier alpha value is -4.38. The van der Waals surface area contributed by atoms with Crippen molar-refractivity contribution in [2.45, 2.75) is 54.0 Å². The second-order valence-corrected chi connectivity index (χ2v) is 7.73. The Bertz CT molecular complexity index is 1380. The number of carbonyl (C=O) groups excluding carboxylic acids is 1.